The second kappa shape index (κ2) is 3.96. The molecule has 2 heterocycles. The number of amides is 1. The van der Waals surface area contributed by atoms with Crippen molar-refractivity contribution >= 4 is 23.0 Å². The number of nitrogens with zero attached hydrogens (tertiary/aromatic N) is 1. The molecule has 0 saturated carbocycles. The van der Waals surface area contributed by atoms with Crippen LogP contribution >= 0.6 is 0 Å². The normalized spacial score (nSPS) is 11.0. The molecule has 1 amide bonds. The lowest BCUT2D eigenvalue weighted by Gasteiger charge is -1.91. The van der Waals surface area contributed by atoms with Gasteiger partial charge in [-0.15, -0.1) is 0 Å². The fraction of sp³-hybridized carbons (Fsp3) is 0.0909. The second-order valence-corrected chi connectivity index (χ2v) is 3.09. The van der Waals surface area contributed by atoms with Crippen LogP contribution in [0.3, 0.4) is 0 Å². The van der Waals surface area contributed by atoms with Crippen LogP contribution in [0.25, 0.3) is 17.1 Å². The Balaban J connectivity index is 2.36. The molecule has 4 heteroatoms. The third kappa shape index (κ3) is 1.88. The topological polar surface area (TPSA) is 57.8 Å². The Bertz CT molecular complexity index is 513. The van der Waals surface area contributed by atoms with Gasteiger partial charge in [0.1, 0.15) is 5.65 Å². The van der Waals surface area contributed by atoms with Crippen LogP contribution in [0, 0.1) is 0 Å². The molecule has 0 fully saturated rings. The number of carbonyl (C=O) groups is 1. The summed E-state index contributed by atoms with van der Waals surface area (Å²) in [7, 11) is 1.60. The zero-order chi connectivity index (χ0) is 10.7. The number of H-pyrrole nitrogens is 1. The van der Waals surface area contributed by atoms with Gasteiger partial charge in [0.05, 0.1) is 0 Å². The molecule has 0 saturated heterocycles. The fourth-order valence-electron chi connectivity index (χ4n) is 1.36. The highest BCUT2D eigenvalue weighted by Crippen LogP contribution is 2.16. The first-order valence-corrected chi connectivity index (χ1v) is 4.63. The van der Waals surface area contributed by atoms with Gasteiger partial charge in [0.15, 0.2) is 0 Å². The SMILES string of the molecule is CNC(=O)/C=C/c1c[nH]c2ncccc12. The molecule has 2 aromatic heterocycles. The predicted molar refractivity (Wildman–Crippen MR) is 59.2 cm³/mol. The van der Waals surface area contributed by atoms with Crippen LogP contribution in [-0.2, 0) is 4.79 Å². The van der Waals surface area contributed by atoms with Gasteiger partial charge in [0.2, 0.25) is 5.91 Å². The van der Waals surface area contributed by atoms with Gasteiger partial charge in [0, 0.05) is 36.5 Å². The van der Waals surface area contributed by atoms with Gasteiger partial charge in [-0.1, -0.05) is 0 Å². The third-order valence-electron chi connectivity index (χ3n) is 2.14. The minimum Gasteiger partial charge on any atom is -0.356 e. The maximum Gasteiger partial charge on any atom is 0.243 e. The molecule has 2 rings (SSSR count). The van der Waals surface area contributed by atoms with Gasteiger partial charge >= 0.3 is 0 Å². The Labute approximate surface area is 87.0 Å². The molecule has 0 aliphatic rings. The molecule has 0 spiro atoms. The molecular weight excluding hydrogens is 190 g/mol. The van der Waals surface area contributed by atoms with Crippen molar-refractivity contribution in [2.24, 2.45) is 0 Å². The number of nitrogens with one attached hydrogen (secondary N) is 2. The zero-order valence-electron chi connectivity index (χ0n) is 8.32. The molecule has 0 radical (unpaired) electrons. The van der Waals surface area contributed by atoms with E-state index >= 15 is 0 Å². The lowest BCUT2D eigenvalue weighted by Crippen LogP contribution is -2.13. The number of carbonyl (C=O) groups excluding carboxylic acids is 1. The summed E-state index contributed by atoms with van der Waals surface area (Å²) in [6.07, 6.45) is 6.82. The molecule has 0 aliphatic heterocycles. The number of pyridine rings is 1. The van der Waals surface area contributed by atoms with E-state index in [0.717, 1.165) is 16.6 Å². The zero-order valence-corrected chi connectivity index (χ0v) is 8.32. The quantitative estimate of drug-likeness (QED) is 0.720. The van der Waals surface area contributed by atoms with E-state index in [1.807, 2.05) is 18.3 Å². The first-order chi connectivity index (χ1) is 7.31. The number of hydrogen-bond donors (Lipinski definition) is 2. The highest BCUT2D eigenvalue weighted by Gasteiger charge is 2.00. The summed E-state index contributed by atoms with van der Waals surface area (Å²) in [5, 5.41) is 3.54. The molecule has 0 aromatic carbocycles. The number of likely N-dealkylation sites (N-methyl/N-ethyl adjacent to an activating group) is 1. The van der Waals surface area contributed by atoms with Gasteiger partial charge < -0.3 is 10.3 Å². The smallest absolute Gasteiger partial charge is 0.243 e. The number of rotatable bonds is 2. The summed E-state index contributed by atoms with van der Waals surface area (Å²) in [6, 6.07) is 3.83. The first kappa shape index (κ1) is 9.45. The number of aromatic amines is 1. The summed E-state index contributed by atoms with van der Waals surface area (Å²) in [4.78, 5) is 18.2. The average molecular weight is 201 g/mol. The van der Waals surface area contributed by atoms with Gasteiger partial charge in [-0.2, -0.15) is 0 Å². The lowest BCUT2D eigenvalue weighted by atomic mass is 10.2. The molecule has 2 aromatic rings. The van der Waals surface area contributed by atoms with Crippen LogP contribution in [0.2, 0.25) is 0 Å². The van der Waals surface area contributed by atoms with E-state index in [2.05, 4.69) is 15.3 Å². The molecular formula is C11H11N3O. The maximum absolute atomic E-state index is 11.0. The first-order valence-electron chi connectivity index (χ1n) is 4.63. The lowest BCUT2D eigenvalue weighted by molar-refractivity contribution is -0.115. The van der Waals surface area contributed by atoms with Crippen molar-refractivity contribution < 1.29 is 4.79 Å². The van der Waals surface area contributed by atoms with Crippen molar-refractivity contribution in [3.63, 3.8) is 0 Å². The van der Waals surface area contributed by atoms with Crippen LogP contribution < -0.4 is 5.32 Å². The van der Waals surface area contributed by atoms with Gasteiger partial charge in [-0.05, 0) is 18.2 Å². The Morgan fingerprint density at radius 2 is 2.47 bits per heavy atom. The number of hydrogen-bond acceptors (Lipinski definition) is 2. The molecule has 0 atom stereocenters. The van der Waals surface area contributed by atoms with E-state index in [1.165, 1.54) is 6.08 Å². The Hall–Kier alpha value is -2.10. The van der Waals surface area contributed by atoms with Gasteiger partial charge in [-0.3, -0.25) is 4.79 Å². The second-order valence-electron chi connectivity index (χ2n) is 3.09. The van der Waals surface area contributed by atoms with Crippen molar-refractivity contribution in [3.8, 4) is 0 Å². The third-order valence-corrected chi connectivity index (χ3v) is 2.14. The summed E-state index contributed by atoms with van der Waals surface area (Å²) < 4.78 is 0. The molecule has 2 N–H and O–H groups in total. The van der Waals surface area contributed by atoms with Crippen molar-refractivity contribution in [1.82, 2.24) is 15.3 Å². The highest BCUT2D eigenvalue weighted by atomic mass is 16.1. The molecule has 15 heavy (non-hydrogen) atoms. The van der Waals surface area contributed by atoms with Crippen molar-refractivity contribution in [1.29, 1.82) is 0 Å². The molecule has 76 valence electrons. The minimum atomic E-state index is -0.117. The molecule has 0 bridgehead atoms. The molecule has 0 unspecified atom stereocenters. The van der Waals surface area contributed by atoms with E-state index in [0.29, 0.717) is 0 Å². The monoisotopic (exact) mass is 201 g/mol. The Kier molecular flexibility index (Phi) is 2.49. The van der Waals surface area contributed by atoms with E-state index in [-0.39, 0.29) is 5.91 Å². The molecule has 0 aliphatic carbocycles. The van der Waals surface area contributed by atoms with E-state index in [1.54, 1.807) is 19.3 Å². The van der Waals surface area contributed by atoms with Crippen molar-refractivity contribution in [2.45, 2.75) is 0 Å². The average Bonchev–Trinajstić information content (AvgIpc) is 2.69. The Morgan fingerprint density at radius 1 is 1.60 bits per heavy atom. The maximum atomic E-state index is 11.0. The van der Waals surface area contributed by atoms with Crippen LogP contribution in [0.1, 0.15) is 5.56 Å². The fourth-order valence-corrected chi connectivity index (χ4v) is 1.36. The Morgan fingerprint density at radius 3 is 3.27 bits per heavy atom. The highest BCUT2D eigenvalue weighted by molar-refractivity contribution is 5.95. The summed E-state index contributed by atoms with van der Waals surface area (Å²) in [6.45, 7) is 0. The largest absolute Gasteiger partial charge is 0.356 e. The standard InChI is InChI=1S/C11H11N3O/c1-12-10(15)5-4-8-7-14-11-9(8)3-2-6-13-11/h2-7H,1H3,(H,12,15)(H,13,14)/b5-4+. The summed E-state index contributed by atoms with van der Waals surface area (Å²) in [5.74, 6) is -0.117. The summed E-state index contributed by atoms with van der Waals surface area (Å²) in [5.41, 5.74) is 1.79. The van der Waals surface area contributed by atoms with Gasteiger partial charge in [-0.25, -0.2) is 4.98 Å². The van der Waals surface area contributed by atoms with E-state index in [9.17, 15) is 4.79 Å². The van der Waals surface area contributed by atoms with Crippen LogP contribution in [0.15, 0.2) is 30.6 Å². The van der Waals surface area contributed by atoms with Gasteiger partial charge in [0.25, 0.3) is 0 Å². The predicted octanol–water partition coefficient (Wildman–Crippen LogP) is 1.32. The van der Waals surface area contributed by atoms with Crippen molar-refractivity contribution in [3.05, 3.63) is 36.2 Å². The van der Waals surface area contributed by atoms with Crippen LogP contribution in [0.5, 0.6) is 0 Å². The number of fused-ring (bicyclic) bond motifs is 1. The van der Waals surface area contributed by atoms with Crippen LogP contribution in [-0.4, -0.2) is 22.9 Å². The minimum absolute atomic E-state index is 0.117. The summed E-state index contributed by atoms with van der Waals surface area (Å²) >= 11 is 0. The van der Waals surface area contributed by atoms with Crippen molar-refractivity contribution in [2.75, 3.05) is 7.05 Å². The van der Waals surface area contributed by atoms with E-state index in [4.69, 9.17) is 0 Å². The number of aromatic nitrogens is 2. The van der Waals surface area contributed by atoms with Crippen LogP contribution in [0.4, 0.5) is 0 Å². The van der Waals surface area contributed by atoms with E-state index < -0.39 is 0 Å². The molecule has 4 nitrogen and oxygen atoms in total.